The fourth-order valence-corrected chi connectivity index (χ4v) is 2.44. The summed E-state index contributed by atoms with van der Waals surface area (Å²) in [5, 5.41) is 0. The number of rotatable bonds is 2. The molecule has 0 saturated heterocycles. The summed E-state index contributed by atoms with van der Waals surface area (Å²) >= 11 is 0. The topological polar surface area (TPSA) is 20.2 Å². The van der Waals surface area contributed by atoms with E-state index in [-0.39, 0.29) is 0 Å². The highest BCUT2D eigenvalue weighted by Gasteiger charge is 2.16. The van der Waals surface area contributed by atoms with Crippen LogP contribution in [0.15, 0.2) is 24.3 Å². The molecule has 2 heteroatoms. The first-order valence-electron chi connectivity index (χ1n) is 4.25. The largest absolute Gasteiger partial charge is 0.432 e. The monoisotopic (exact) mass is 180 g/mol. The van der Waals surface area contributed by atoms with Crippen LogP contribution in [-0.2, 0) is 6.04 Å². The Morgan fingerprint density at radius 3 is 2.08 bits per heavy atom. The van der Waals surface area contributed by atoms with Crippen molar-refractivity contribution in [1.82, 2.24) is 0 Å². The van der Waals surface area contributed by atoms with Crippen LogP contribution in [0.1, 0.15) is 11.1 Å². The van der Waals surface area contributed by atoms with E-state index in [0.29, 0.717) is 0 Å². The van der Waals surface area contributed by atoms with E-state index < -0.39 is 8.32 Å². The van der Waals surface area contributed by atoms with Gasteiger partial charge in [-0.05, 0) is 31.6 Å². The molecule has 1 aromatic carbocycles. The van der Waals surface area contributed by atoms with Gasteiger partial charge < -0.3 is 4.80 Å². The molecule has 0 aliphatic heterocycles. The second kappa shape index (κ2) is 3.41. The number of aryl methyl sites for hydroxylation is 1. The minimum Gasteiger partial charge on any atom is -0.432 e. The summed E-state index contributed by atoms with van der Waals surface area (Å²) in [6.07, 6.45) is 0. The van der Waals surface area contributed by atoms with E-state index in [1.807, 2.05) is 13.1 Å². The van der Waals surface area contributed by atoms with Crippen LogP contribution in [0.5, 0.6) is 0 Å². The first kappa shape index (κ1) is 9.48. The van der Waals surface area contributed by atoms with E-state index in [9.17, 15) is 4.80 Å². The van der Waals surface area contributed by atoms with E-state index in [4.69, 9.17) is 0 Å². The normalized spacial score (nSPS) is 11.7. The second-order valence-electron chi connectivity index (χ2n) is 3.97. The highest BCUT2D eigenvalue weighted by atomic mass is 28.4. The van der Waals surface area contributed by atoms with Crippen molar-refractivity contribution in [2.24, 2.45) is 0 Å². The Morgan fingerprint density at radius 2 is 1.67 bits per heavy atom. The highest BCUT2D eigenvalue weighted by Crippen LogP contribution is 2.09. The molecule has 0 aromatic heterocycles. The van der Waals surface area contributed by atoms with Crippen LogP contribution in [0.2, 0.25) is 13.1 Å². The lowest BCUT2D eigenvalue weighted by atomic mass is 10.2. The van der Waals surface area contributed by atoms with Gasteiger partial charge in [-0.15, -0.1) is 0 Å². The van der Waals surface area contributed by atoms with Gasteiger partial charge in [-0.3, -0.25) is 0 Å². The maximum atomic E-state index is 9.68. The molecule has 0 bridgehead atoms. The third kappa shape index (κ3) is 3.20. The summed E-state index contributed by atoms with van der Waals surface area (Å²) < 4.78 is 0. The van der Waals surface area contributed by atoms with Crippen molar-refractivity contribution in [2.75, 3.05) is 0 Å². The lowest BCUT2D eigenvalue weighted by molar-refractivity contribution is 0.548. The van der Waals surface area contributed by atoms with Gasteiger partial charge in [0, 0.05) is 0 Å². The Kier molecular flexibility index (Phi) is 2.70. The lowest BCUT2D eigenvalue weighted by Crippen LogP contribution is -2.28. The van der Waals surface area contributed by atoms with Crippen molar-refractivity contribution in [1.29, 1.82) is 0 Å². The SMILES string of the molecule is Cc1ccc(C[Si](C)(C)O)cc1. The van der Waals surface area contributed by atoms with Gasteiger partial charge in [0.15, 0.2) is 8.32 Å². The van der Waals surface area contributed by atoms with Crippen LogP contribution >= 0.6 is 0 Å². The summed E-state index contributed by atoms with van der Waals surface area (Å²) in [5.41, 5.74) is 2.52. The minimum atomic E-state index is -1.92. The quantitative estimate of drug-likeness (QED) is 0.692. The smallest absolute Gasteiger partial charge is 0.186 e. The van der Waals surface area contributed by atoms with Crippen molar-refractivity contribution in [3.8, 4) is 0 Å². The van der Waals surface area contributed by atoms with Crippen LogP contribution in [0.3, 0.4) is 0 Å². The summed E-state index contributed by atoms with van der Waals surface area (Å²) in [6, 6.07) is 9.23. The maximum absolute atomic E-state index is 9.68. The molecule has 12 heavy (non-hydrogen) atoms. The number of hydrogen-bond acceptors (Lipinski definition) is 1. The van der Waals surface area contributed by atoms with Crippen molar-refractivity contribution in [2.45, 2.75) is 26.1 Å². The minimum absolute atomic E-state index is 0.854. The van der Waals surface area contributed by atoms with E-state index in [1.165, 1.54) is 11.1 Å². The van der Waals surface area contributed by atoms with Crippen LogP contribution < -0.4 is 0 Å². The van der Waals surface area contributed by atoms with Crippen molar-refractivity contribution >= 4 is 8.32 Å². The van der Waals surface area contributed by atoms with Gasteiger partial charge in [0.2, 0.25) is 0 Å². The maximum Gasteiger partial charge on any atom is 0.186 e. The molecule has 0 amide bonds. The fraction of sp³-hybridized carbons (Fsp3) is 0.400. The molecule has 0 aliphatic rings. The molecule has 0 heterocycles. The average Bonchev–Trinajstić information content (AvgIpc) is 1.91. The first-order valence-corrected chi connectivity index (χ1v) is 7.41. The molecule has 1 N–H and O–H groups in total. The predicted octanol–water partition coefficient (Wildman–Crippen LogP) is 2.27. The Morgan fingerprint density at radius 1 is 1.17 bits per heavy atom. The molecule has 0 fully saturated rings. The van der Waals surface area contributed by atoms with Gasteiger partial charge in [-0.1, -0.05) is 29.8 Å². The van der Waals surface area contributed by atoms with Crippen molar-refractivity contribution in [3.05, 3.63) is 35.4 Å². The molecule has 0 aliphatic carbocycles. The van der Waals surface area contributed by atoms with Gasteiger partial charge in [0.25, 0.3) is 0 Å². The van der Waals surface area contributed by atoms with Crippen LogP contribution in [-0.4, -0.2) is 13.1 Å². The van der Waals surface area contributed by atoms with Crippen molar-refractivity contribution < 1.29 is 4.80 Å². The Balaban J connectivity index is 2.71. The van der Waals surface area contributed by atoms with Gasteiger partial charge in [0.1, 0.15) is 0 Å². The van der Waals surface area contributed by atoms with Gasteiger partial charge in [-0.2, -0.15) is 0 Å². The summed E-state index contributed by atoms with van der Waals surface area (Å²) in [7, 11) is -1.92. The van der Waals surface area contributed by atoms with E-state index in [2.05, 4.69) is 31.2 Å². The Labute approximate surface area is 75.2 Å². The number of hydrogen-bond donors (Lipinski definition) is 1. The van der Waals surface area contributed by atoms with Crippen molar-refractivity contribution in [3.63, 3.8) is 0 Å². The Hall–Kier alpha value is -0.603. The molecule has 0 spiro atoms. The molecular formula is C10H16OSi. The fourth-order valence-electron chi connectivity index (χ4n) is 1.21. The molecule has 1 aromatic rings. The molecule has 0 unspecified atom stereocenters. The van der Waals surface area contributed by atoms with Gasteiger partial charge in [0.05, 0.1) is 0 Å². The standard InChI is InChI=1S/C10H16OSi/c1-9-4-6-10(7-5-9)8-12(2,3)11/h4-7,11H,8H2,1-3H3. The average molecular weight is 180 g/mol. The van der Waals surface area contributed by atoms with E-state index >= 15 is 0 Å². The van der Waals surface area contributed by atoms with Gasteiger partial charge in [-0.25, -0.2) is 0 Å². The molecule has 0 atom stereocenters. The zero-order valence-corrected chi connectivity index (χ0v) is 8.96. The molecule has 0 saturated carbocycles. The number of benzene rings is 1. The van der Waals surface area contributed by atoms with E-state index in [1.54, 1.807) is 0 Å². The zero-order valence-electron chi connectivity index (χ0n) is 7.96. The predicted molar refractivity (Wildman–Crippen MR) is 54.6 cm³/mol. The molecule has 0 radical (unpaired) electrons. The summed E-state index contributed by atoms with van der Waals surface area (Å²) in [5.74, 6) is 0. The first-order chi connectivity index (χ1) is 5.47. The zero-order chi connectivity index (χ0) is 9.19. The van der Waals surface area contributed by atoms with E-state index in [0.717, 1.165) is 6.04 Å². The second-order valence-corrected chi connectivity index (χ2v) is 7.95. The van der Waals surface area contributed by atoms with Crippen LogP contribution in [0, 0.1) is 6.92 Å². The van der Waals surface area contributed by atoms with Gasteiger partial charge >= 0.3 is 0 Å². The molecule has 1 nitrogen and oxygen atoms in total. The third-order valence-electron chi connectivity index (χ3n) is 1.76. The summed E-state index contributed by atoms with van der Waals surface area (Å²) in [4.78, 5) is 9.68. The lowest BCUT2D eigenvalue weighted by Gasteiger charge is -2.13. The Bertz CT molecular complexity index is 246. The molecule has 66 valence electrons. The summed E-state index contributed by atoms with van der Waals surface area (Å²) in [6.45, 7) is 6.00. The van der Waals surface area contributed by atoms with Crippen LogP contribution in [0.4, 0.5) is 0 Å². The third-order valence-corrected chi connectivity index (χ3v) is 3.03. The van der Waals surface area contributed by atoms with Crippen LogP contribution in [0.25, 0.3) is 0 Å². The molecule has 1 rings (SSSR count). The molecular weight excluding hydrogens is 164 g/mol. The highest BCUT2D eigenvalue weighted by molar-refractivity contribution is 6.69.